The molecule has 0 aliphatic rings. The number of para-hydroxylation sites is 1. The molecule has 1 heterocycles. The highest BCUT2D eigenvalue weighted by Crippen LogP contribution is 2.19. The first kappa shape index (κ1) is 15.5. The van der Waals surface area contributed by atoms with Crippen molar-refractivity contribution < 1.29 is 4.74 Å². The Labute approximate surface area is 125 Å². The summed E-state index contributed by atoms with van der Waals surface area (Å²) >= 11 is 0. The van der Waals surface area contributed by atoms with Gasteiger partial charge in [0.15, 0.2) is 0 Å². The molecule has 0 aliphatic carbocycles. The number of ether oxygens (including phenoxy) is 1. The van der Waals surface area contributed by atoms with E-state index in [1.165, 1.54) is 0 Å². The molecule has 6 nitrogen and oxygen atoms in total. The lowest BCUT2D eigenvalue weighted by molar-refractivity contribution is 0.403. The number of hydrazine groups is 1. The van der Waals surface area contributed by atoms with Crippen molar-refractivity contribution in [3.05, 3.63) is 42.0 Å². The van der Waals surface area contributed by atoms with Crippen LogP contribution in [0.5, 0.6) is 5.75 Å². The number of hydrogen-bond acceptors (Lipinski definition) is 5. The highest BCUT2D eigenvalue weighted by molar-refractivity contribution is 5.33. The van der Waals surface area contributed by atoms with Crippen molar-refractivity contribution >= 4 is 0 Å². The van der Waals surface area contributed by atoms with Gasteiger partial charge >= 0.3 is 0 Å². The van der Waals surface area contributed by atoms with Crippen molar-refractivity contribution in [1.82, 2.24) is 20.2 Å². The average Bonchev–Trinajstić information content (AvgIpc) is 2.94. The second-order valence-corrected chi connectivity index (χ2v) is 4.98. The van der Waals surface area contributed by atoms with Crippen LogP contribution in [0.3, 0.4) is 0 Å². The first-order valence-corrected chi connectivity index (χ1v) is 7.23. The van der Waals surface area contributed by atoms with E-state index in [0.29, 0.717) is 0 Å². The van der Waals surface area contributed by atoms with Crippen molar-refractivity contribution in [3.8, 4) is 5.75 Å². The molecule has 114 valence electrons. The molecule has 0 aliphatic heterocycles. The topological polar surface area (TPSA) is 78.0 Å². The van der Waals surface area contributed by atoms with Gasteiger partial charge in [-0.15, -0.1) is 0 Å². The van der Waals surface area contributed by atoms with Crippen molar-refractivity contribution in [3.63, 3.8) is 0 Å². The fourth-order valence-corrected chi connectivity index (χ4v) is 2.39. The third kappa shape index (κ3) is 4.03. The van der Waals surface area contributed by atoms with Gasteiger partial charge in [-0.3, -0.25) is 16.0 Å². The molecule has 0 fully saturated rings. The number of rotatable bonds is 8. The van der Waals surface area contributed by atoms with Crippen LogP contribution in [0.15, 0.2) is 30.6 Å². The largest absolute Gasteiger partial charge is 0.496 e. The lowest BCUT2D eigenvalue weighted by Gasteiger charge is -2.17. The minimum Gasteiger partial charge on any atom is -0.496 e. The first-order valence-electron chi connectivity index (χ1n) is 7.23. The highest BCUT2D eigenvalue weighted by Gasteiger charge is 2.15. The molecule has 0 amide bonds. The summed E-state index contributed by atoms with van der Waals surface area (Å²) in [6.45, 7) is 3.00. The number of hydrogen-bond donors (Lipinski definition) is 2. The SMILES string of the molecule is CCCn1ncnc1CC(Cc1ccccc1OC)NN. The fourth-order valence-electron chi connectivity index (χ4n) is 2.39. The van der Waals surface area contributed by atoms with Crippen molar-refractivity contribution in [2.45, 2.75) is 38.8 Å². The Hall–Kier alpha value is -1.92. The summed E-state index contributed by atoms with van der Waals surface area (Å²) in [5.74, 6) is 7.54. The summed E-state index contributed by atoms with van der Waals surface area (Å²) < 4.78 is 7.32. The van der Waals surface area contributed by atoms with Crippen LogP contribution in [-0.4, -0.2) is 27.9 Å². The molecule has 6 heteroatoms. The number of nitrogens with zero attached hydrogens (tertiary/aromatic N) is 3. The number of nitrogens with two attached hydrogens (primary N) is 1. The maximum Gasteiger partial charge on any atom is 0.138 e. The fraction of sp³-hybridized carbons (Fsp3) is 0.467. The Morgan fingerprint density at radius 2 is 2.14 bits per heavy atom. The molecule has 0 radical (unpaired) electrons. The molecule has 3 N–H and O–H groups in total. The van der Waals surface area contributed by atoms with Crippen molar-refractivity contribution in [2.75, 3.05) is 7.11 Å². The van der Waals surface area contributed by atoms with Crippen LogP contribution in [0.2, 0.25) is 0 Å². The van der Waals surface area contributed by atoms with Crippen LogP contribution in [0.1, 0.15) is 24.7 Å². The summed E-state index contributed by atoms with van der Waals surface area (Å²) in [5.41, 5.74) is 4.00. The molecule has 21 heavy (non-hydrogen) atoms. The zero-order valence-corrected chi connectivity index (χ0v) is 12.6. The molecule has 0 saturated carbocycles. The van der Waals surface area contributed by atoms with Crippen LogP contribution in [0, 0.1) is 0 Å². The Morgan fingerprint density at radius 1 is 1.33 bits per heavy atom. The smallest absolute Gasteiger partial charge is 0.138 e. The molecular weight excluding hydrogens is 266 g/mol. The molecule has 2 aromatic rings. The summed E-state index contributed by atoms with van der Waals surface area (Å²) in [7, 11) is 1.68. The molecule has 1 atom stereocenters. The predicted molar refractivity (Wildman–Crippen MR) is 81.8 cm³/mol. The Morgan fingerprint density at radius 3 is 2.86 bits per heavy atom. The zero-order valence-electron chi connectivity index (χ0n) is 12.6. The van der Waals surface area contributed by atoms with E-state index in [0.717, 1.165) is 42.9 Å². The Bertz CT molecular complexity index is 555. The van der Waals surface area contributed by atoms with E-state index in [4.69, 9.17) is 10.6 Å². The maximum absolute atomic E-state index is 5.70. The van der Waals surface area contributed by atoms with Gasteiger partial charge in [-0.2, -0.15) is 5.10 Å². The van der Waals surface area contributed by atoms with E-state index in [9.17, 15) is 0 Å². The molecule has 2 rings (SSSR count). The molecular formula is C15H23N5O. The number of aryl methyl sites for hydroxylation is 1. The van der Waals surface area contributed by atoms with Crippen molar-refractivity contribution in [2.24, 2.45) is 5.84 Å². The van der Waals surface area contributed by atoms with E-state index in [2.05, 4.69) is 28.5 Å². The van der Waals surface area contributed by atoms with Gasteiger partial charge in [0, 0.05) is 19.0 Å². The molecule has 0 saturated heterocycles. The van der Waals surface area contributed by atoms with Crippen molar-refractivity contribution in [1.29, 1.82) is 0 Å². The number of methoxy groups -OCH3 is 1. The average molecular weight is 289 g/mol. The Balaban J connectivity index is 2.08. The summed E-state index contributed by atoms with van der Waals surface area (Å²) in [6, 6.07) is 8.07. The van der Waals surface area contributed by atoms with E-state index < -0.39 is 0 Å². The Kier molecular flexibility index (Phi) is 5.71. The normalized spacial score (nSPS) is 12.3. The van der Waals surface area contributed by atoms with Gasteiger partial charge in [0.2, 0.25) is 0 Å². The lowest BCUT2D eigenvalue weighted by Crippen LogP contribution is -2.39. The third-order valence-corrected chi connectivity index (χ3v) is 3.45. The zero-order chi connectivity index (χ0) is 15.1. The van der Waals surface area contributed by atoms with Gasteiger partial charge in [0.1, 0.15) is 17.9 Å². The molecule has 1 unspecified atom stereocenters. The quantitative estimate of drug-likeness (QED) is 0.566. The molecule has 0 spiro atoms. The maximum atomic E-state index is 5.70. The number of nitrogens with one attached hydrogen (secondary N) is 1. The van der Waals surface area contributed by atoms with Crippen LogP contribution in [0.4, 0.5) is 0 Å². The van der Waals surface area contributed by atoms with Gasteiger partial charge in [0.05, 0.1) is 7.11 Å². The standard InChI is InChI=1S/C15H23N5O/c1-3-8-20-15(17-11-18-20)10-13(19-16)9-12-6-4-5-7-14(12)21-2/h4-7,11,13,19H,3,8-10,16H2,1-2H3. The monoisotopic (exact) mass is 289 g/mol. The van der Waals surface area contributed by atoms with E-state index in [1.807, 2.05) is 22.9 Å². The van der Waals surface area contributed by atoms with Gasteiger partial charge < -0.3 is 4.74 Å². The van der Waals surface area contributed by atoms with Gasteiger partial charge in [-0.05, 0) is 24.5 Å². The summed E-state index contributed by atoms with van der Waals surface area (Å²) in [5, 5.41) is 4.25. The summed E-state index contributed by atoms with van der Waals surface area (Å²) in [6.07, 6.45) is 4.14. The number of benzene rings is 1. The first-order chi connectivity index (χ1) is 10.3. The van der Waals surface area contributed by atoms with Crippen LogP contribution < -0.4 is 16.0 Å². The lowest BCUT2D eigenvalue weighted by atomic mass is 10.0. The van der Waals surface area contributed by atoms with Gasteiger partial charge in [-0.1, -0.05) is 25.1 Å². The summed E-state index contributed by atoms with van der Waals surface area (Å²) in [4.78, 5) is 4.33. The number of aromatic nitrogens is 3. The predicted octanol–water partition coefficient (Wildman–Crippen LogP) is 1.31. The van der Waals surface area contributed by atoms with Crippen LogP contribution in [-0.2, 0) is 19.4 Å². The molecule has 1 aromatic carbocycles. The second kappa shape index (κ2) is 7.75. The van der Waals surface area contributed by atoms with E-state index in [-0.39, 0.29) is 6.04 Å². The van der Waals surface area contributed by atoms with Crippen LogP contribution >= 0.6 is 0 Å². The van der Waals surface area contributed by atoms with Gasteiger partial charge in [0.25, 0.3) is 0 Å². The van der Waals surface area contributed by atoms with E-state index in [1.54, 1.807) is 13.4 Å². The van der Waals surface area contributed by atoms with Crippen LogP contribution in [0.25, 0.3) is 0 Å². The minimum atomic E-state index is 0.0844. The van der Waals surface area contributed by atoms with E-state index >= 15 is 0 Å². The van der Waals surface area contributed by atoms with Gasteiger partial charge in [-0.25, -0.2) is 4.98 Å². The third-order valence-electron chi connectivity index (χ3n) is 3.45. The second-order valence-electron chi connectivity index (χ2n) is 4.98. The molecule has 1 aromatic heterocycles. The molecule has 0 bridgehead atoms. The highest BCUT2D eigenvalue weighted by atomic mass is 16.5. The minimum absolute atomic E-state index is 0.0844.